The van der Waals surface area contributed by atoms with Gasteiger partial charge in [-0.1, -0.05) is 34.8 Å². The topological polar surface area (TPSA) is 26.3 Å². The second-order valence-corrected chi connectivity index (χ2v) is 3.88. The Kier molecular flexibility index (Phi) is 4.05. The third-order valence-corrected chi connectivity index (χ3v) is 2.42. The van der Waals surface area contributed by atoms with Crippen molar-refractivity contribution in [2.75, 3.05) is 0 Å². The molecule has 0 amide bonds. The molecule has 0 radical (unpaired) electrons. The Morgan fingerprint density at radius 1 is 1.29 bits per heavy atom. The van der Waals surface area contributed by atoms with Crippen molar-refractivity contribution in [3.05, 3.63) is 32.8 Å². The van der Waals surface area contributed by atoms with Crippen LogP contribution in [0.5, 0.6) is 0 Å². The second kappa shape index (κ2) is 4.87. The monoisotopic (exact) mass is 252 g/mol. The summed E-state index contributed by atoms with van der Waals surface area (Å²) < 4.78 is 4.78. The number of rotatable bonds is 2. The molecule has 1 aromatic carbocycles. The van der Waals surface area contributed by atoms with Gasteiger partial charge in [-0.3, -0.25) is 4.79 Å². The summed E-state index contributed by atoms with van der Waals surface area (Å²) in [6.45, 7) is 1.38. The molecule has 76 valence electrons. The molecule has 0 bridgehead atoms. The van der Waals surface area contributed by atoms with Crippen molar-refractivity contribution in [3.8, 4) is 0 Å². The molecule has 0 saturated heterocycles. The normalized spacial score (nSPS) is 10.0. The van der Waals surface area contributed by atoms with E-state index in [0.29, 0.717) is 20.6 Å². The molecule has 0 aliphatic heterocycles. The lowest BCUT2D eigenvalue weighted by atomic mass is 10.2. The minimum absolute atomic E-state index is 0.0597. The number of hydrogen-bond acceptors (Lipinski definition) is 2. The number of hydrogen-bond donors (Lipinski definition) is 0. The van der Waals surface area contributed by atoms with Crippen LogP contribution in [0.1, 0.15) is 12.5 Å². The Labute approximate surface area is 96.7 Å². The number of halogens is 3. The van der Waals surface area contributed by atoms with Gasteiger partial charge in [-0.15, -0.1) is 0 Å². The zero-order valence-electron chi connectivity index (χ0n) is 7.31. The van der Waals surface area contributed by atoms with Gasteiger partial charge >= 0.3 is 5.97 Å². The minimum atomic E-state index is -0.382. The first kappa shape index (κ1) is 11.6. The second-order valence-electron chi connectivity index (χ2n) is 2.63. The third kappa shape index (κ3) is 3.05. The molecule has 0 aliphatic rings. The van der Waals surface area contributed by atoms with Crippen LogP contribution in [0.2, 0.25) is 15.1 Å². The summed E-state index contributed by atoms with van der Waals surface area (Å²) >= 11 is 17.4. The average molecular weight is 254 g/mol. The summed E-state index contributed by atoms with van der Waals surface area (Å²) in [5.74, 6) is -0.382. The summed E-state index contributed by atoms with van der Waals surface area (Å²) in [5.41, 5.74) is 0.563. The molecular formula is C9H7Cl3O2. The number of esters is 1. The maximum Gasteiger partial charge on any atom is 0.302 e. The lowest BCUT2D eigenvalue weighted by Crippen LogP contribution is -2.00. The van der Waals surface area contributed by atoms with Crippen molar-refractivity contribution in [1.29, 1.82) is 0 Å². The SMILES string of the molecule is CC(=O)OCc1c(Cl)cc(Cl)cc1Cl. The Hall–Kier alpha value is -0.440. The van der Waals surface area contributed by atoms with Crippen molar-refractivity contribution in [2.45, 2.75) is 13.5 Å². The zero-order valence-corrected chi connectivity index (χ0v) is 9.58. The summed E-state index contributed by atoms with van der Waals surface area (Å²) in [4.78, 5) is 10.6. The fourth-order valence-corrected chi connectivity index (χ4v) is 1.81. The van der Waals surface area contributed by atoms with Gasteiger partial charge in [-0.25, -0.2) is 0 Å². The van der Waals surface area contributed by atoms with Crippen molar-refractivity contribution in [1.82, 2.24) is 0 Å². The Balaban J connectivity index is 2.91. The van der Waals surface area contributed by atoms with Gasteiger partial charge < -0.3 is 4.74 Å². The zero-order chi connectivity index (χ0) is 10.7. The van der Waals surface area contributed by atoms with Crippen LogP contribution < -0.4 is 0 Å². The maximum absolute atomic E-state index is 10.6. The van der Waals surface area contributed by atoms with Crippen molar-refractivity contribution < 1.29 is 9.53 Å². The first-order valence-corrected chi connectivity index (χ1v) is 4.91. The molecule has 0 N–H and O–H groups in total. The van der Waals surface area contributed by atoms with Gasteiger partial charge in [0.1, 0.15) is 6.61 Å². The lowest BCUT2D eigenvalue weighted by molar-refractivity contribution is -0.142. The molecule has 0 aliphatic carbocycles. The van der Waals surface area contributed by atoms with E-state index in [9.17, 15) is 4.79 Å². The van der Waals surface area contributed by atoms with E-state index in [0.717, 1.165) is 0 Å². The van der Waals surface area contributed by atoms with Crippen LogP contribution in [0.25, 0.3) is 0 Å². The van der Waals surface area contributed by atoms with Crippen LogP contribution in [0.15, 0.2) is 12.1 Å². The lowest BCUT2D eigenvalue weighted by Gasteiger charge is -2.07. The van der Waals surface area contributed by atoms with Crippen molar-refractivity contribution in [2.24, 2.45) is 0 Å². The smallest absolute Gasteiger partial charge is 0.302 e. The van der Waals surface area contributed by atoms with Gasteiger partial charge in [0, 0.05) is 17.5 Å². The van der Waals surface area contributed by atoms with Crippen LogP contribution >= 0.6 is 34.8 Å². The number of ether oxygens (including phenoxy) is 1. The van der Waals surface area contributed by atoms with Crippen LogP contribution in [0.4, 0.5) is 0 Å². The van der Waals surface area contributed by atoms with Gasteiger partial charge in [0.15, 0.2) is 0 Å². The third-order valence-electron chi connectivity index (χ3n) is 1.53. The van der Waals surface area contributed by atoms with Gasteiger partial charge in [-0.05, 0) is 12.1 Å². The number of carbonyl (C=O) groups is 1. The fourth-order valence-electron chi connectivity index (χ4n) is 0.884. The Bertz CT molecular complexity index is 340. The van der Waals surface area contributed by atoms with Crippen molar-refractivity contribution in [3.63, 3.8) is 0 Å². The van der Waals surface area contributed by atoms with E-state index in [4.69, 9.17) is 39.5 Å². The predicted octanol–water partition coefficient (Wildman–Crippen LogP) is 3.71. The highest BCUT2D eigenvalue weighted by molar-refractivity contribution is 6.39. The van der Waals surface area contributed by atoms with E-state index in [2.05, 4.69) is 0 Å². The summed E-state index contributed by atoms with van der Waals surface area (Å²) in [6.07, 6.45) is 0. The highest BCUT2D eigenvalue weighted by Gasteiger charge is 2.08. The molecule has 0 unspecified atom stereocenters. The molecule has 1 aromatic rings. The predicted molar refractivity (Wildman–Crippen MR) is 56.9 cm³/mol. The van der Waals surface area contributed by atoms with E-state index < -0.39 is 0 Å². The van der Waals surface area contributed by atoms with Gasteiger partial charge in [-0.2, -0.15) is 0 Å². The highest BCUT2D eigenvalue weighted by atomic mass is 35.5. The molecule has 0 aromatic heterocycles. The number of carbonyl (C=O) groups excluding carboxylic acids is 1. The van der Waals surface area contributed by atoms with Gasteiger partial charge in [0.2, 0.25) is 0 Å². The standard InChI is InChI=1S/C9H7Cl3O2/c1-5(13)14-4-7-8(11)2-6(10)3-9(7)12/h2-3H,4H2,1H3. The summed E-state index contributed by atoms with van der Waals surface area (Å²) in [5, 5.41) is 1.24. The fraction of sp³-hybridized carbons (Fsp3) is 0.222. The van der Waals surface area contributed by atoms with Crippen LogP contribution in [0.3, 0.4) is 0 Å². The van der Waals surface area contributed by atoms with E-state index in [-0.39, 0.29) is 12.6 Å². The van der Waals surface area contributed by atoms with Crippen LogP contribution in [-0.2, 0) is 16.1 Å². The average Bonchev–Trinajstić information content (AvgIpc) is 2.01. The molecule has 0 spiro atoms. The van der Waals surface area contributed by atoms with Crippen LogP contribution in [-0.4, -0.2) is 5.97 Å². The van der Waals surface area contributed by atoms with Gasteiger partial charge in [0.05, 0.1) is 10.0 Å². The summed E-state index contributed by atoms with van der Waals surface area (Å²) in [6, 6.07) is 3.10. The molecule has 14 heavy (non-hydrogen) atoms. The first-order valence-electron chi connectivity index (χ1n) is 3.77. The summed E-state index contributed by atoms with van der Waals surface area (Å²) in [7, 11) is 0. The van der Waals surface area contributed by atoms with E-state index >= 15 is 0 Å². The quantitative estimate of drug-likeness (QED) is 0.751. The molecule has 5 heteroatoms. The molecular weight excluding hydrogens is 246 g/mol. The Morgan fingerprint density at radius 2 is 1.79 bits per heavy atom. The Morgan fingerprint density at radius 3 is 2.21 bits per heavy atom. The maximum atomic E-state index is 10.6. The van der Waals surface area contributed by atoms with E-state index in [1.54, 1.807) is 12.1 Å². The first-order chi connectivity index (χ1) is 6.50. The van der Waals surface area contributed by atoms with Crippen molar-refractivity contribution >= 4 is 40.8 Å². The molecule has 0 fully saturated rings. The van der Waals surface area contributed by atoms with Gasteiger partial charge in [0.25, 0.3) is 0 Å². The molecule has 1 rings (SSSR count). The molecule has 0 saturated carbocycles. The van der Waals surface area contributed by atoms with E-state index in [1.807, 2.05) is 0 Å². The molecule has 0 heterocycles. The highest BCUT2D eigenvalue weighted by Crippen LogP contribution is 2.29. The van der Waals surface area contributed by atoms with Crippen LogP contribution in [0, 0.1) is 0 Å². The molecule has 2 nitrogen and oxygen atoms in total. The minimum Gasteiger partial charge on any atom is -0.461 e. The largest absolute Gasteiger partial charge is 0.461 e. The molecule has 0 atom stereocenters. The van der Waals surface area contributed by atoms with E-state index in [1.165, 1.54) is 6.92 Å². The number of benzene rings is 1.